The summed E-state index contributed by atoms with van der Waals surface area (Å²) in [6.07, 6.45) is 3.40. The fourth-order valence-electron chi connectivity index (χ4n) is 1.74. The molecule has 0 radical (unpaired) electrons. The zero-order valence-electron chi connectivity index (χ0n) is 10.8. The lowest BCUT2D eigenvalue weighted by molar-refractivity contribution is 0.269. The van der Waals surface area contributed by atoms with Crippen molar-refractivity contribution in [2.45, 2.75) is 20.0 Å². The van der Waals surface area contributed by atoms with Crippen molar-refractivity contribution in [1.29, 1.82) is 0 Å². The number of aryl methyl sites for hydroxylation is 2. The Hall–Kier alpha value is -1.60. The first kappa shape index (κ1) is 15.5. The lowest BCUT2D eigenvalue weighted by Gasteiger charge is -2.02. The molecule has 19 heavy (non-hydrogen) atoms. The fraction of sp³-hybridized carbons (Fsp3) is 0.455. The van der Waals surface area contributed by atoms with Gasteiger partial charge in [0.15, 0.2) is 0 Å². The van der Waals surface area contributed by atoms with Crippen molar-refractivity contribution in [2.24, 2.45) is 7.05 Å². The van der Waals surface area contributed by atoms with Gasteiger partial charge in [0.2, 0.25) is 5.95 Å². The van der Waals surface area contributed by atoms with Crippen LogP contribution in [0.1, 0.15) is 11.3 Å². The van der Waals surface area contributed by atoms with Crippen molar-refractivity contribution in [2.75, 3.05) is 11.9 Å². The molecule has 0 bridgehead atoms. The molecule has 6 nitrogen and oxygen atoms in total. The number of hydrogen-bond donors (Lipinski definition) is 2. The van der Waals surface area contributed by atoms with Crippen molar-refractivity contribution < 1.29 is 9.50 Å². The summed E-state index contributed by atoms with van der Waals surface area (Å²) in [4.78, 5) is 0. The van der Waals surface area contributed by atoms with Gasteiger partial charge in [-0.15, -0.1) is 12.4 Å². The van der Waals surface area contributed by atoms with E-state index in [-0.39, 0.29) is 25.0 Å². The molecular weight excluding hydrogens is 273 g/mol. The van der Waals surface area contributed by atoms with Gasteiger partial charge in [-0.25, -0.2) is 4.68 Å². The van der Waals surface area contributed by atoms with Gasteiger partial charge in [-0.3, -0.25) is 4.68 Å². The minimum Gasteiger partial charge on any atom is -0.394 e. The summed E-state index contributed by atoms with van der Waals surface area (Å²) < 4.78 is 16.5. The van der Waals surface area contributed by atoms with Crippen molar-refractivity contribution in [3.8, 4) is 0 Å². The number of rotatable bonds is 5. The van der Waals surface area contributed by atoms with Crippen LogP contribution in [0.5, 0.6) is 0 Å². The third-order valence-electron chi connectivity index (χ3n) is 2.70. The van der Waals surface area contributed by atoms with Gasteiger partial charge in [-0.2, -0.15) is 14.6 Å². The normalized spacial score (nSPS) is 10.3. The first-order valence-corrected chi connectivity index (χ1v) is 5.67. The van der Waals surface area contributed by atoms with Crippen molar-refractivity contribution in [3.05, 3.63) is 29.6 Å². The molecule has 0 spiro atoms. The summed E-state index contributed by atoms with van der Waals surface area (Å²) in [5.41, 5.74) is 2.00. The minimum atomic E-state index is -0.331. The van der Waals surface area contributed by atoms with Crippen molar-refractivity contribution >= 4 is 18.1 Å². The lowest BCUT2D eigenvalue weighted by atomic mass is 10.2. The van der Waals surface area contributed by atoms with Crippen LogP contribution in [0.25, 0.3) is 0 Å². The Labute approximate surface area is 116 Å². The maximum Gasteiger partial charge on any atom is 0.216 e. The molecule has 2 aromatic heterocycles. The third-order valence-corrected chi connectivity index (χ3v) is 2.70. The highest BCUT2D eigenvalue weighted by molar-refractivity contribution is 5.85. The van der Waals surface area contributed by atoms with E-state index in [0.717, 1.165) is 5.69 Å². The first-order valence-electron chi connectivity index (χ1n) is 5.67. The number of nitrogens with zero attached hydrogens (tertiary/aromatic N) is 4. The zero-order chi connectivity index (χ0) is 13.1. The van der Waals surface area contributed by atoms with Crippen molar-refractivity contribution in [1.82, 2.24) is 19.6 Å². The Morgan fingerprint density at radius 2 is 2.21 bits per heavy atom. The van der Waals surface area contributed by atoms with Gasteiger partial charge in [0.05, 0.1) is 30.7 Å². The molecule has 0 aliphatic carbocycles. The maximum atomic E-state index is 13.7. The molecule has 0 aliphatic heterocycles. The van der Waals surface area contributed by atoms with E-state index < -0.39 is 0 Å². The summed E-state index contributed by atoms with van der Waals surface area (Å²) in [5, 5.41) is 19.9. The Kier molecular flexibility index (Phi) is 5.31. The molecule has 2 heterocycles. The molecule has 2 N–H and O–H groups in total. The number of anilines is 1. The van der Waals surface area contributed by atoms with E-state index in [1.807, 2.05) is 0 Å². The minimum absolute atomic E-state index is 0. The van der Waals surface area contributed by atoms with Crippen LogP contribution in [0.4, 0.5) is 10.1 Å². The van der Waals surface area contributed by atoms with Gasteiger partial charge in [-0.1, -0.05) is 0 Å². The van der Waals surface area contributed by atoms with E-state index in [2.05, 4.69) is 15.5 Å². The molecule has 0 aromatic carbocycles. The van der Waals surface area contributed by atoms with Gasteiger partial charge in [0.1, 0.15) is 0 Å². The summed E-state index contributed by atoms with van der Waals surface area (Å²) in [7, 11) is 1.57. The van der Waals surface area contributed by atoms with E-state index in [9.17, 15) is 4.39 Å². The number of aliphatic hydroxyl groups excluding tert-OH is 1. The molecule has 0 saturated carbocycles. The molecule has 0 fully saturated rings. The Bertz CT molecular complexity index is 539. The number of aliphatic hydroxyl groups is 1. The summed E-state index contributed by atoms with van der Waals surface area (Å²) in [5.74, 6) is -0.331. The second-order valence-corrected chi connectivity index (χ2v) is 4.05. The average Bonchev–Trinajstić information content (AvgIpc) is 2.85. The van der Waals surface area contributed by atoms with E-state index in [0.29, 0.717) is 24.3 Å². The Morgan fingerprint density at radius 1 is 1.47 bits per heavy atom. The van der Waals surface area contributed by atoms with Crippen molar-refractivity contribution in [3.63, 3.8) is 0 Å². The number of halogens is 2. The highest BCUT2D eigenvalue weighted by atomic mass is 35.5. The molecule has 106 valence electrons. The van der Waals surface area contributed by atoms with E-state index >= 15 is 0 Å². The number of hydrogen-bond acceptors (Lipinski definition) is 4. The van der Waals surface area contributed by atoms with Crippen LogP contribution in [-0.2, 0) is 20.1 Å². The van der Waals surface area contributed by atoms with Crippen LogP contribution in [0.3, 0.4) is 0 Å². The van der Waals surface area contributed by atoms with E-state index in [1.54, 1.807) is 31.0 Å². The quantitative estimate of drug-likeness (QED) is 0.865. The Morgan fingerprint density at radius 3 is 2.79 bits per heavy atom. The van der Waals surface area contributed by atoms with Gasteiger partial charge in [0.25, 0.3) is 0 Å². The average molecular weight is 290 g/mol. The van der Waals surface area contributed by atoms with Crippen LogP contribution < -0.4 is 5.32 Å². The van der Waals surface area contributed by atoms with Gasteiger partial charge in [0, 0.05) is 25.4 Å². The lowest BCUT2D eigenvalue weighted by Crippen LogP contribution is -2.03. The monoisotopic (exact) mass is 289 g/mol. The molecule has 0 saturated heterocycles. The van der Waals surface area contributed by atoms with Crippen LogP contribution >= 0.6 is 12.4 Å². The molecule has 0 atom stereocenters. The largest absolute Gasteiger partial charge is 0.394 e. The van der Waals surface area contributed by atoms with E-state index in [4.69, 9.17) is 5.11 Å². The van der Waals surface area contributed by atoms with Gasteiger partial charge < -0.3 is 10.4 Å². The van der Waals surface area contributed by atoms with Crippen LogP contribution in [-0.4, -0.2) is 31.3 Å². The highest BCUT2D eigenvalue weighted by Gasteiger charge is 2.12. The van der Waals surface area contributed by atoms with Crippen LogP contribution in [0.15, 0.2) is 12.4 Å². The summed E-state index contributed by atoms with van der Waals surface area (Å²) >= 11 is 0. The summed E-state index contributed by atoms with van der Waals surface area (Å²) in [6, 6.07) is 0. The molecule has 2 rings (SSSR count). The standard InChI is InChI=1S/C11H16FN5O.ClH/c1-8-10(11(12)16(2)15-8)6-13-9-5-14-17(7-9)3-4-18;/h5,7,13,18H,3-4,6H2,1-2H3;1H. The smallest absolute Gasteiger partial charge is 0.216 e. The van der Waals surface area contributed by atoms with Gasteiger partial charge >= 0.3 is 0 Å². The fourth-order valence-corrected chi connectivity index (χ4v) is 1.74. The van der Waals surface area contributed by atoms with Crippen LogP contribution in [0.2, 0.25) is 0 Å². The summed E-state index contributed by atoms with van der Waals surface area (Å²) in [6.45, 7) is 2.62. The maximum absolute atomic E-state index is 13.7. The third kappa shape index (κ3) is 3.45. The SMILES string of the molecule is Cc1nn(C)c(F)c1CNc1cnn(CCO)c1.Cl. The predicted octanol–water partition coefficient (Wildman–Crippen LogP) is 1.09. The molecule has 8 heteroatoms. The molecule has 2 aromatic rings. The highest BCUT2D eigenvalue weighted by Crippen LogP contribution is 2.14. The van der Waals surface area contributed by atoms with Gasteiger partial charge in [-0.05, 0) is 6.92 Å². The molecule has 0 aliphatic rings. The second-order valence-electron chi connectivity index (χ2n) is 4.05. The first-order chi connectivity index (χ1) is 8.61. The predicted molar refractivity (Wildman–Crippen MR) is 71.8 cm³/mol. The second kappa shape index (κ2) is 6.53. The number of nitrogens with one attached hydrogen (secondary N) is 1. The molecule has 0 unspecified atom stereocenters. The van der Waals surface area contributed by atoms with E-state index in [1.165, 1.54) is 4.68 Å². The Balaban J connectivity index is 0.00000180. The topological polar surface area (TPSA) is 67.9 Å². The number of aromatic nitrogens is 4. The molecule has 0 amide bonds. The zero-order valence-corrected chi connectivity index (χ0v) is 11.6. The van der Waals surface area contributed by atoms with Crippen LogP contribution in [0, 0.1) is 12.9 Å². The molecular formula is C11H17ClFN5O.